The SMILES string of the molecule is CCC(O)C(c1ccccc1)c1cccc(F)c1. The second-order valence-electron chi connectivity index (χ2n) is 4.42. The number of halogens is 1. The highest BCUT2D eigenvalue weighted by molar-refractivity contribution is 5.34. The Labute approximate surface area is 107 Å². The Hall–Kier alpha value is -1.67. The molecular weight excluding hydrogens is 227 g/mol. The summed E-state index contributed by atoms with van der Waals surface area (Å²) in [4.78, 5) is 0. The molecule has 94 valence electrons. The number of hydrogen-bond acceptors (Lipinski definition) is 1. The maximum absolute atomic E-state index is 13.3. The Balaban J connectivity index is 2.43. The van der Waals surface area contributed by atoms with Gasteiger partial charge in [0.2, 0.25) is 0 Å². The largest absolute Gasteiger partial charge is 0.392 e. The van der Waals surface area contributed by atoms with Crippen molar-refractivity contribution in [1.29, 1.82) is 0 Å². The lowest BCUT2D eigenvalue weighted by molar-refractivity contribution is 0.152. The first-order valence-corrected chi connectivity index (χ1v) is 6.21. The molecule has 0 fully saturated rings. The van der Waals surface area contributed by atoms with Crippen molar-refractivity contribution >= 4 is 0 Å². The minimum Gasteiger partial charge on any atom is -0.392 e. The first-order chi connectivity index (χ1) is 8.72. The van der Waals surface area contributed by atoms with Crippen molar-refractivity contribution in [3.63, 3.8) is 0 Å². The van der Waals surface area contributed by atoms with Gasteiger partial charge in [-0.2, -0.15) is 0 Å². The standard InChI is InChI=1S/C16H17FO/c1-2-15(18)16(12-7-4-3-5-8-12)13-9-6-10-14(17)11-13/h3-11,15-16,18H,2H2,1H3. The molecule has 0 heterocycles. The van der Waals surface area contributed by atoms with Crippen LogP contribution in [0.3, 0.4) is 0 Å². The molecule has 0 spiro atoms. The minimum absolute atomic E-state index is 0.174. The van der Waals surface area contributed by atoms with E-state index in [4.69, 9.17) is 0 Å². The molecule has 0 saturated heterocycles. The van der Waals surface area contributed by atoms with Gasteiger partial charge in [-0.3, -0.25) is 0 Å². The van der Waals surface area contributed by atoms with E-state index in [-0.39, 0.29) is 11.7 Å². The fraction of sp³-hybridized carbons (Fsp3) is 0.250. The lowest BCUT2D eigenvalue weighted by Crippen LogP contribution is -2.18. The molecule has 1 N–H and O–H groups in total. The van der Waals surface area contributed by atoms with Crippen LogP contribution in [-0.4, -0.2) is 11.2 Å². The molecule has 2 aromatic carbocycles. The predicted octanol–water partition coefficient (Wildman–Crippen LogP) is 3.73. The van der Waals surface area contributed by atoms with Gasteiger partial charge in [0.05, 0.1) is 6.10 Å². The van der Waals surface area contributed by atoms with Crippen molar-refractivity contribution in [1.82, 2.24) is 0 Å². The lowest BCUT2D eigenvalue weighted by Gasteiger charge is -2.23. The summed E-state index contributed by atoms with van der Waals surface area (Å²) in [6.45, 7) is 1.93. The molecule has 0 aromatic heterocycles. The Morgan fingerprint density at radius 3 is 2.28 bits per heavy atom. The van der Waals surface area contributed by atoms with Crippen LogP contribution in [0, 0.1) is 5.82 Å². The minimum atomic E-state index is -0.505. The molecule has 2 aromatic rings. The normalized spacial score (nSPS) is 14.2. The Kier molecular flexibility index (Phi) is 4.11. The van der Waals surface area contributed by atoms with Crippen LogP contribution < -0.4 is 0 Å². The van der Waals surface area contributed by atoms with Crippen LogP contribution in [0.15, 0.2) is 54.6 Å². The zero-order valence-electron chi connectivity index (χ0n) is 10.4. The van der Waals surface area contributed by atoms with Gasteiger partial charge < -0.3 is 5.11 Å². The van der Waals surface area contributed by atoms with Gasteiger partial charge in [-0.15, -0.1) is 0 Å². The molecule has 0 saturated carbocycles. The molecule has 2 rings (SSSR count). The predicted molar refractivity (Wildman–Crippen MR) is 71.0 cm³/mol. The zero-order valence-corrected chi connectivity index (χ0v) is 10.4. The van der Waals surface area contributed by atoms with Crippen LogP contribution in [0.5, 0.6) is 0 Å². The van der Waals surface area contributed by atoms with Gasteiger partial charge in [-0.25, -0.2) is 4.39 Å². The molecule has 0 bridgehead atoms. The lowest BCUT2D eigenvalue weighted by atomic mass is 9.85. The first-order valence-electron chi connectivity index (χ1n) is 6.21. The van der Waals surface area contributed by atoms with Gasteiger partial charge in [-0.1, -0.05) is 49.4 Å². The van der Waals surface area contributed by atoms with E-state index in [0.717, 1.165) is 11.1 Å². The molecule has 0 aliphatic heterocycles. The van der Waals surface area contributed by atoms with Crippen molar-refractivity contribution in [3.8, 4) is 0 Å². The summed E-state index contributed by atoms with van der Waals surface area (Å²) < 4.78 is 13.3. The summed E-state index contributed by atoms with van der Waals surface area (Å²) in [6.07, 6.45) is 0.130. The van der Waals surface area contributed by atoms with Gasteiger partial charge in [0.15, 0.2) is 0 Å². The molecule has 1 nitrogen and oxygen atoms in total. The highest BCUT2D eigenvalue weighted by Crippen LogP contribution is 2.29. The Morgan fingerprint density at radius 1 is 1.00 bits per heavy atom. The van der Waals surface area contributed by atoms with E-state index < -0.39 is 6.10 Å². The average Bonchev–Trinajstić information content (AvgIpc) is 2.40. The van der Waals surface area contributed by atoms with Crippen LogP contribution in [-0.2, 0) is 0 Å². The highest BCUT2D eigenvalue weighted by atomic mass is 19.1. The van der Waals surface area contributed by atoms with E-state index in [1.165, 1.54) is 12.1 Å². The second kappa shape index (κ2) is 5.78. The number of hydrogen-bond donors (Lipinski definition) is 1. The molecule has 0 aliphatic carbocycles. The summed E-state index contributed by atoms with van der Waals surface area (Å²) in [5, 5.41) is 10.2. The molecule has 2 unspecified atom stereocenters. The quantitative estimate of drug-likeness (QED) is 0.868. The molecule has 0 aliphatic rings. The van der Waals surface area contributed by atoms with Gasteiger partial charge in [0.1, 0.15) is 5.82 Å². The monoisotopic (exact) mass is 244 g/mol. The van der Waals surface area contributed by atoms with E-state index in [2.05, 4.69) is 0 Å². The van der Waals surface area contributed by atoms with E-state index in [1.54, 1.807) is 6.07 Å². The van der Waals surface area contributed by atoms with Crippen LogP contribution >= 0.6 is 0 Å². The van der Waals surface area contributed by atoms with Crippen LogP contribution in [0.4, 0.5) is 4.39 Å². The smallest absolute Gasteiger partial charge is 0.123 e. The summed E-state index contributed by atoms with van der Waals surface area (Å²) in [5.41, 5.74) is 1.83. The third kappa shape index (κ3) is 2.77. The number of benzene rings is 2. The Morgan fingerprint density at radius 2 is 1.67 bits per heavy atom. The second-order valence-corrected chi connectivity index (χ2v) is 4.42. The third-order valence-corrected chi connectivity index (χ3v) is 3.17. The molecule has 2 heteroatoms. The summed E-state index contributed by atoms with van der Waals surface area (Å²) in [6, 6.07) is 16.2. The van der Waals surface area contributed by atoms with E-state index in [9.17, 15) is 9.50 Å². The molecular formula is C16H17FO. The van der Waals surface area contributed by atoms with Crippen LogP contribution in [0.25, 0.3) is 0 Å². The fourth-order valence-corrected chi connectivity index (χ4v) is 2.23. The molecule has 18 heavy (non-hydrogen) atoms. The average molecular weight is 244 g/mol. The van der Waals surface area contributed by atoms with Gasteiger partial charge >= 0.3 is 0 Å². The van der Waals surface area contributed by atoms with Crippen LogP contribution in [0.1, 0.15) is 30.4 Å². The van der Waals surface area contributed by atoms with Gasteiger partial charge in [0.25, 0.3) is 0 Å². The number of aliphatic hydroxyl groups excluding tert-OH is 1. The Bertz CT molecular complexity index is 495. The topological polar surface area (TPSA) is 20.2 Å². The van der Waals surface area contributed by atoms with Crippen LogP contribution in [0.2, 0.25) is 0 Å². The number of aliphatic hydroxyl groups is 1. The summed E-state index contributed by atoms with van der Waals surface area (Å²) in [5.74, 6) is -0.441. The van der Waals surface area contributed by atoms with E-state index in [0.29, 0.717) is 6.42 Å². The maximum atomic E-state index is 13.3. The first kappa shape index (κ1) is 12.8. The number of rotatable bonds is 4. The molecule has 0 amide bonds. The van der Waals surface area contributed by atoms with Gasteiger partial charge in [0, 0.05) is 5.92 Å². The highest BCUT2D eigenvalue weighted by Gasteiger charge is 2.21. The maximum Gasteiger partial charge on any atom is 0.123 e. The van der Waals surface area contributed by atoms with Crippen molar-refractivity contribution in [2.24, 2.45) is 0 Å². The fourth-order valence-electron chi connectivity index (χ4n) is 2.23. The van der Waals surface area contributed by atoms with E-state index >= 15 is 0 Å². The zero-order chi connectivity index (χ0) is 13.0. The van der Waals surface area contributed by atoms with E-state index in [1.807, 2.05) is 43.3 Å². The van der Waals surface area contributed by atoms with Gasteiger partial charge in [-0.05, 0) is 29.7 Å². The van der Waals surface area contributed by atoms with Crippen molar-refractivity contribution in [2.45, 2.75) is 25.4 Å². The van der Waals surface area contributed by atoms with Crippen molar-refractivity contribution < 1.29 is 9.50 Å². The molecule has 2 atom stereocenters. The third-order valence-electron chi connectivity index (χ3n) is 3.17. The summed E-state index contributed by atoms with van der Waals surface area (Å²) >= 11 is 0. The summed E-state index contributed by atoms with van der Waals surface area (Å²) in [7, 11) is 0. The van der Waals surface area contributed by atoms with Crippen molar-refractivity contribution in [3.05, 3.63) is 71.5 Å². The molecule has 0 radical (unpaired) electrons. The van der Waals surface area contributed by atoms with Crippen molar-refractivity contribution in [2.75, 3.05) is 0 Å².